The summed E-state index contributed by atoms with van der Waals surface area (Å²) in [6, 6.07) is 1.94. The van der Waals surface area contributed by atoms with Crippen LogP contribution in [0, 0.1) is 12.8 Å². The number of piperidine rings is 1. The van der Waals surface area contributed by atoms with Gasteiger partial charge in [0.15, 0.2) is 0 Å². The zero-order chi connectivity index (χ0) is 19.4. The van der Waals surface area contributed by atoms with Gasteiger partial charge in [0, 0.05) is 65.2 Å². The molecule has 0 atom stereocenters. The van der Waals surface area contributed by atoms with E-state index >= 15 is 0 Å². The molecule has 1 aliphatic heterocycles. The van der Waals surface area contributed by atoms with E-state index in [1.807, 2.05) is 45.2 Å². The molecule has 3 heterocycles. The van der Waals surface area contributed by atoms with E-state index in [1.54, 1.807) is 10.9 Å². The van der Waals surface area contributed by atoms with Crippen molar-refractivity contribution in [1.29, 1.82) is 0 Å². The second-order valence-corrected chi connectivity index (χ2v) is 7.29. The number of nitrogens with zero attached hydrogens (tertiary/aromatic N) is 6. The summed E-state index contributed by atoms with van der Waals surface area (Å²) in [4.78, 5) is 25.4. The van der Waals surface area contributed by atoms with Gasteiger partial charge in [-0.05, 0) is 31.7 Å². The average Bonchev–Trinajstić information content (AvgIpc) is 2.99. The SMILES string of the molecule is CNc1nccc(N2CCC(CC(=O)N(C)Cc3cn(C)nc3C)CC2)n1. The lowest BCUT2D eigenvalue weighted by Crippen LogP contribution is -2.36. The second-order valence-electron chi connectivity index (χ2n) is 7.29. The topological polar surface area (TPSA) is 79.2 Å². The number of amides is 1. The van der Waals surface area contributed by atoms with Crippen molar-refractivity contribution >= 4 is 17.7 Å². The number of aryl methyl sites for hydroxylation is 2. The lowest BCUT2D eigenvalue weighted by atomic mass is 9.93. The summed E-state index contributed by atoms with van der Waals surface area (Å²) in [5, 5.41) is 7.32. The maximum Gasteiger partial charge on any atom is 0.224 e. The lowest BCUT2D eigenvalue weighted by Gasteiger charge is -2.33. The van der Waals surface area contributed by atoms with Gasteiger partial charge < -0.3 is 15.1 Å². The van der Waals surface area contributed by atoms with E-state index in [-0.39, 0.29) is 5.91 Å². The van der Waals surface area contributed by atoms with Gasteiger partial charge in [-0.2, -0.15) is 10.1 Å². The Morgan fingerprint density at radius 1 is 1.37 bits per heavy atom. The van der Waals surface area contributed by atoms with Crippen molar-refractivity contribution < 1.29 is 4.79 Å². The zero-order valence-electron chi connectivity index (χ0n) is 16.6. The molecule has 8 heteroatoms. The van der Waals surface area contributed by atoms with Crippen LogP contribution in [-0.2, 0) is 18.4 Å². The molecule has 146 valence electrons. The normalized spacial score (nSPS) is 15.0. The van der Waals surface area contributed by atoms with Crippen molar-refractivity contribution in [2.45, 2.75) is 32.7 Å². The summed E-state index contributed by atoms with van der Waals surface area (Å²) in [5.74, 6) is 2.22. The smallest absolute Gasteiger partial charge is 0.224 e. The van der Waals surface area contributed by atoms with Crippen LogP contribution in [0.5, 0.6) is 0 Å². The van der Waals surface area contributed by atoms with Gasteiger partial charge in [0.25, 0.3) is 0 Å². The van der Waals surface area contributed by atoms with Gasteiger partial charge in [0.05, 0.1) is 5.69 Å². The van der Waals surface area contributed by atoms with E-state index in [1.165, 1.54) is 0 Å². The molecule has 0 unspecified atom stereocenters. The van der Waals surface area contributed by atoms with Crippen molar-refractivity contribution in [3.63, 3.8) is 0 Å². The molecule has 0 spiro atoms. The van der Waals surface area contributed by atoms with Crippen molar-refractivity contribution in [3.8, 4) is 0 Å². The number of hydrogen-bond acceptors (Lipinski definition) is 6. The number of carbonyl (C=O) groups is 1. The molecule has 8 nitrogen and oxygen atoms in total. The van der Waals surface area contributed by atoms with Crippen LogP contribution < -0.4 is 10.2 Å². The standard InChI is InChI=1S/C19H29N7O/c1-14-16(13-25(4)23-14)12-24(3)18(27)11-15-6-9-26(10-7-15)17-5-8-21-19(20-2)22-17/h5,8,13,15H,6-7,9-12H2,1-4H3,(H,20,21,22). The first-order valence-electron chi connectivity index (χ1n) is 9.45. The molecule has 2 aromatic rings. The van der Waals surface area contributed by atoms with Crippen LogP contribution in [0.4, 0.5) is 11.8 Å². The summed E-state index contributed by atoms with van der Waals surface area (Å²) in [5.41, 5.74) is 2.09. The van der Waals surface area contributed by atoms with Crippen LogP contribution in [0.15, 0.2) is 18.5 Å². The minimum absolute atomic E-state index is 0.205. The average molecular weight is 371 g/mol. The minimum Gasteiger partial charge on any atom is -0.357 e. The van der Waals surface area contributed by atoms with Crippen LogP contribution in [0.3, 0.4) is 0 Å². The summed E-state index contributed by atoms with van der Waals surface area (Å²) in [7, 11) is 5.60. The number of carbonyl (C=O) groups excluding carboxylic acids is 1. The predicted octanol–water partition coefficient (Wildman–Crippen LogP) is 1.83. The fourth-order valence-electron chi connectivity index (χ4n) is 3.56. The predicted molar refractivity (Wildman–Crippen MR) is 106 cm³/mol. The molecule has 3 rings (SSSR count). The van der Waals surface area contributed by atoms with E-state index in [9.17, 15) is 4.79 Å². The van der Waals surface area contributed by atoms with Gasteiger partial charge in [-0.15, -0.1) is 0 Å². The highest BCUT2D eigenvalue weighted by molar-refractivity contribution is 5.76. The maximum atomic E-state index is 12.6. The first-order valence-corrected chi connectivity index (χ1v) is 9.45. The molecule has 0 aliphatic carbocycles. The Morgan fingerprint density at radius 2 is 2.11 bits per heavy atom. The second kappa shape index (κ2) is 8.37. The quantitative estimate of drug-likeness (QED) is 0.834. The summed E-state index contributed by atoms with van der Waals surface area (Å²) in [6.45, 7) is 4.44. The van der Waals surface area contributed by atoms with Gasteiger partial charge in [-0.25, -0.2) is 4.98 Å². The molecule has 0 saturated carbocycles. The molecular weight excluding hydrogens is 342 g/mol. The largest absolute Gasteiger partial charge is 0.357 e. The highest BCUT2D eigenvalue weighted by atomic mass is 16.2. The number of nitrogens with one attached hydrogen (secondary N) is 1. The van der Waals surface area contributed by atoms with Gasteiger partial charge in [-0.3, -0.25) is 9.48 Å². The van der Waals surface area contributed by atoms with E-state index in [2.05, 4.69) is 25.3 Å². The van der Waals surface area contributed by atoms with Gasteiger partial charge >= 0.3 is 0 Å². The third kappa shape index (κ3) is 4.75. The summed E-state index contributed by atoms with van der Waals surface area (Å²) in [6.07, 6.45) is 6.38. The summed E-state index contributed by atoms with van der Waals surface area (Å²) < 4.78 is 1.80. The Balaban J connectivity index is 1.49. The molecule has 1 amide bonds. The van der Waals surface area contributed by atoms with Gasteiger partial charge in [0.2, 0.25) is 11.9 Å². The van der Waals surface area contributed by atoms with E-state index in [0.29, 0.717) is 24.8 Å². The molecule has 0 bridgehead atoms. The van der Waals surface area contributed by atoms with Crippen LogP contribution in [0.1, 0.15) is 30.5 Å². The van der Waals surface area contributed by atoms with Crippen LogP contribution in [0.25, 0.3) is 0 Å². The highest BCUT2D eigenvalue weighted by Gasteiger charge is 2.24. The lowest BCUT2D eigenvalue weighted by molar-refractivity contribution is -0.131. The van der Waals surface area contributed by atoms with E-state index in [0.717, 1.165) is 43.0 Å². The number of anilines is 2. The Hall–Kier alpha value is -2.64. The van der Waals surface area contributed by atoms with Crippen molar-refractivity contribution in [2.24, 2.45) is 13.0 Å². The van der Waals surface area contributed by atoms with E-state index < -0.39 is 0 Å². The molecule has 1 N–H and O–H groups in total. The first-order chi connectivity index (χ1) is 13.0. The Morgan fingerprint density at radius 3 is 2.74 bits per heavy atom. The molecule has 27 heavy (non-hydrogen) atoms. The van der Waals surface area contributed by atoms with E-state index in [4.69, 9.17) is 0 Å². The number of hydrogen-bond donors (Lipinski definition) is 1. The molecule has 1 fully saturated rings. The molecule has 2 aromatic heterocycles. The third-order valence-electron chi connectivity index (χ3n) is 5.21. The molecule has 1 aliphatic rings. The van der Waals surface area contributed by atoms with Crippen LogP contribution in [-0.4, -0.2) is 57.7 Å². The highest BCUT2D eigenvalue weighted by Crippen LogP contribution is 2.25. The molecule has 1 saturated heterocycles. The first kappa shape index (κ1) is 19.1. The van der Waals surface area contributed by atoms with Crippen LogP contribution in [0.2, 0.25) is 0 Å². The molecule has 0 radical (unpaired) electrons. The zero-order valence-corrected chi connectivity index (χ0v) is 16.6. The minimum atomic E-state index is 0.205. The molecular formula is C19H29N7O. The molecule has 0 aromatic carbocycles. The fraction of sp³-hybridized carbons (Fsp3) is 0.579. The van der Waals surface area contributed by atoms with Crippen molar-refractivity contribution in [2.75, 3.05) is 37.4 Å². The van der Waals surface area contributed by atoms with Crippen LogP contribution >= 0.6 is 0 Å². The Bertz CT molecular complexity index is 780. The van der Waals surface area contributed by atoms with Crippen molar-refractivity contribution in [3.05, 3.63) is 29.7 Å². The number of aromatic nitrogens is 4. The van der Waals surface area contributed by atoms with Gasteiger partial charge in [-0.1, -0.05) is 0 Å². The fourth-order valence-corrected chi connectivity index (χ4v) is 3.56. The Labute approximate surface area is 160 Å². The maximum absolute atomic E-state index is 12.6. The third-order valence-corrected chi connectivity index (χ3v) is 5.21. The monoisotopic (exact) mass is 371 g/mol. The van der Waals surface area contributed by atoms with Gasteiger partial charge in [0.1, 0.15) is 5.82 Å². The van der Waals surface area contributed by atoms with Crippen molar-refractivity contribution in [1.82, 2.24) is 24.6 Å². The summed E-state index contributed by atoms with van der Waals surface area (Å²) >= 11 is 0. The Kier molecular flexibility index (Phi) is 5.93. The number of rotatable bonds is 6.